The van der Waals surface area contributed by atoms with Crippen molar-refractivity contribution in [1.82, 2.24) is 0 Å². The van der Waals surface area contributed by atoms with Crippen LogP contribution in [0.1, 0.15) is 128 Å². The van der Waals surface area contributed by atoms with Crippen LogP contribution in [0.15, 0.2) is 11.6 Å². The van der Waals surface area contributed by atoms with Crippen LogP contribution in [0.2, 0.25) is 36.3 Å². The molecule has 0 spiro atoms. The molecule has 3 fully saturated rings. The molecule has 0 radical (unpaired) electrons. The Morgan fingerprint density at radius 2 is 1.48 bits per heavy atom. The first-order chi connectivity index (χ1) is 19.8. The lowest BCUT2D eigenvalue weighted by molar-refractivity contribution is -0.112. The van der Waals surface area contributed by atoms with Crippen molar-refractivity contribution in [2.45, 2.75) is 188 Å². The average Bonchev–Trinajstić information content (AvgIpc) is 3.19. The van der Waals surface area contributed by atoms with E-state index in [1.807, 2.05) is 13.8 Å². The van der Waals surface area contributed by atoms with Gasteiger partial charge in [-0.1, -0.05) is 67.0 Å². The summed E-state index contributed by atoms with van der Waals surface area (Å²) in [6.07, 6.45) is 12.6. The van der Waals surface area contributed by atoms with Gasteiger partial charge in [0.25, 0.3) is 0 Å². The Morgan fingerprint density at radius 1 is 0.886 bits per heavy atom. The fourth-order valence-electron chi connectivity index (χ4n) is 9.47. The molecule has 0 aliphatic heterocycles. The highest BCUT2D eigenvalue weighted by atomic mass is 28.4. The van der Waals surface area contributed by atoms with Crippen LogP contribution >= 0.6 is 0 Å². The zero-order valence-corrected chi connectivity index (χ0v) is 33.7. The Morgan fingerprint density at radius 3 is 2.05 bits per heavy atom. The summed E-state index contributed by atoms with van der Waals surface area (Å²) >= 11 is 0. The van der Waals surface area contributed by atoms with Crippen LogP contribution in [0.4, 0.5) is 0 Å². The van der Waals surface area contributed by atoms with Crippen molar-refractivity contribution >= 4 is 16.6 Å². The van der Waals surface area contributed by atoms with Crippen molar-refractivity contribution in [2.24, 2.45) is 34.5 Å². The average molecular weight is 649 g/mol. The van der Waals surface area contributed by atoms with Crippen molar-refractivity contribution in [1.29, 1.82) is 0 Å². The number of hydrogen-bond donors (Lipinski definition) is 1. The van der Waals surface area contributed by atoms with E-state index in [1.165, 1.54) is 32.1 Å². The molecule has 0 heterocycles. The molecule has 3 unspecified atom stereocenters. The van der Waals surface area contributed by atoms with Crippen molar-refractivity contribution < 1.29 is 18.7 Å². The third-order valence-corrected chi connectivity index (χ3v) is 23.4. The summed E-state index contributed by atoms with van der Waals surface area (Å²) in [6.45, 7) is 36.0. The lowest BCUT2D eigenvalue weighted by Crippen LogP contribution is -2.60. The number of fused-ring (bicyclic) bond motifs is 5. The van der Waals surface area contributed by atoms with E-state index < -0.39 is 22.2 Å². The second-order valence-corrected chi connectivity index (χ2v) is 29.3. The molecule has 0 bridgehead atoms. The number of hydrogen-bond acceptors (Lipinski definition) is 4. The summed E-state index contributed by atoms with van der Waals surface area (Å²) in [4.78, 5) is 0. The van der Waals surface area contributed by atoms with Gasteiger partial charge in [-0.05, 0) is 137 Å². The second kappa shape index (κ2) is 12.2. The van der Waals surface area contributed by atoms with Crippen molar-refractivity contribution in [3.05, 3.63) is 11.6 Å². The number of allylic oxidation sites excluding steroid dienone is 1. The Balaban J connectivity index is 1.62. The fourth-order valence-corrected chi connectivity index (χ4v) is 12.2. The molecule has 4 rings (SSSR count). The Labute approximate surface area is 275 Å². The normalized spacial score (nSPS) is 37.6. The molecule has 0 amide bonds. The standard InChI is InChI=1S/C38H72O4Si2/c1-26(40-23-22-36(8,9)39)30-18-19-31-29-17-16-27-24-28(41-43(12,13)34(2,3)4)25-33(42-44(14,15)35(5,6)7)38(27,11)32(29)20-21-37(30,31)10/h16,26,28-33,39H,17-25H2,1-15H3/t26?,28?,29-,30+,31-,32-,33?,37+,38-/m0/s1. The van der Waals surface area contributed by atoms with Gasteiger partial charge in [0.1, 0.15) is 0 Å². The predicted molar refractivity (Wildman–Crippen MR) is 191 cm³/mol. The number of rotatable bonds is 9. The van der Waals surface area contributed by atoms with Gasteiger partial charge in [-0.2, -0.15) is 0 Å². The molecular weight excluding hydrogens is 577 g/mol. The molecule has 0 aromatic carbocycles. The monoisotopic (exact) mass is 648 g/mol. The predicted octanol–water partition coefficient (Wildman–Crippen LogP) is 10.5. The highest BCUT2D eigenvalue weighted by Crippen LogP contribution is 2.67. The number of ether oxygens (including phenoxy) is 1. The Bertz CT molecular complexity index is 1050. The first-order valence-electron chi connectivity index (χ1n) is 18.2. The van der Waals surface area contributed by atoms with E-state index >= 15 is 0 Å². The molecule has 3 saturated carbocycles. The molecule has 9 atom stereocenters. The van der Waals surface area contributed by atoms with E-state index in [4.69, 9.17) is 13.6 Å². The lowest BCUT2D eigenvalue weighted by Gasteiger charge is -2.62. The molecule has 44 heavy (non-hydrogen) atoms. The van der Waals surface area contributed by atoms with Crippen LogP contribution in [0.25, 0.3) is 0 Å². The molecule has 0 saturated heterocycles. The smallest absolute Gasteiger partial charge is 0.192 e. The molecule has 4 nitrogen and oxygen atoms in total. The second-order valence-electron chi connectivity index (χ2n) is 19.8. The van der Waals surface area contributed by atoms with Gasteiger partial charge in [0.15, 0.2) is 16.6 Å². The van der Waals surface area contributed by atoms with Gasteiger partial charge in [-0.25, -0.2) is 0 Å². The van der Waals surface area contributed by atoms with Crippen LogP contribution in [0.3, 0.4) is 0 Å². The molecule has 4 aliphatic rings. The molecule has 6 heteroatoms. The third-order valence-electron chi connectivity index (χ3n) is 14.4. The van der Waals surface area contributed by atoms with Crippen molar-refractivity contribution in [3.63, 3.8) is 0 Å². The molecule has 256 valence electrons. The maximum Gasteiger partial charge on any atom is 0.192 e. The van der Waals surface area contributed by atoms with Crippen LogP contribution in [-0.2, 0) is 13.6 Å². The summed E-state index contributed by atoms with van der Waals surface area (Å²) in [6, 6.07) is 0. The Hall–Kier alpha value is 0.0138. The minimum absolute atomic E-state index is 0.0833. The van der Waals surface area contributed by atoms with Gasteiger partial charge in [-0.3, -0.25) is 0 Å². The molecule has 4 aliphatic carbocycles. The van der Waals surface area contributed by atoms with E-state index in [2.05, 4.69) is 94.6 Å². The number of aliphatic hydroxyl groups is 1. The minimum Gasteiger partial charge on any atom is -0.414 e. The quantitative estimate of drug-likeness (QED) is 0.200. The zero-order valence-electron chi connectivity index (χ0n) is 31.7. The summed E-state index contributed by atoms with van der Waals surface area (Å²) < 4.78 is 21.2. The topological polar surface area (TPSA) is 47.9 Å². The van der Waals surface area contributed by atoms with Crippen LogP contribution < -0.4 is 0 Å². The zero-order chi connectivity index (χ0) is 33.3. The summed E-state index contributed by atoms with van der Waals surface area (Å²) in [5.74, 6) is 2.74. The molecular formula is C38H72O4Si2. The van der Waals surface area contributed by atoms with E-state index in [-0.39, 0.29) is 33.8 Å². The van der Waals surface area contributed by atoms with Crippen LogP contribution in [0.5, 0.6) is 0 Å². The SMILES string of the molecule is CC(OCCC(C)(C)O)[C@H]1CC[C@H]2[C@@H]3CC=C4CC(O[Si](C)(C)C(C)(C)C)CC(O[Si](C)(C)C(C)(C)C)[C@]4(C)[C@H]3CC[C@]12C. The lowest BCUT2D eigenvalue weighted by atomic mass is 9.46. The molecule has 0 aromatic heterocycles. The molecule has 1 N–H and O–H groups in total. The minimum atomic E-state index is -2.00. The summed E-state index contributed by atoms with van der Waals surface area (Å²) in [5.41, 5.74) is 1.40. The third kappa shape index (κ3) is 6.93. The highest BCUT2D eigenvalue weighted by molar-refractivity contribution is 6.74. The first-order valence-corrected chi connectivity index (χ1v) is 24.0. The molecule has 0 aromatic rings. The van der Waals surface area contributed by atoms with Gasteiger partial charge in [0, 0.05) is 12.0 Å². The first kappa shape index (κ1) is 36.8. The van der Waals surface area contributed by atoms with E-state index in [0.717, 1.165) is 24.7 Å². The van der Waals surface area contributed by atoms with Crippen molar-refractivity contribution in [2.75, 3.05) is 6.61 Å². The van der Waals surface area contributed by atoms with Gasteiger partial charge >= 0.3 is 0 Å². The highest BCUT2D eigenvalue weighted by Gasteiger charge is 2.62. The largest absolute Gasteiger partial charge is 0.414 e. The maximum absolute atomic E-state index is 10.2. The summed E-state index contributed by atoms with van der Waals surface area (Å²) in [7, 11) is -3.89. The van der Waals surface area contributed by atoms with Gasteiger partial charge in [0.2, 0.25) is 0 Å². The van der Waals surface area contributed by atoms with Crippen LogP contribution in [0, 0.1) is 34.5 Å². The van der Waals surface area contributed by atoms with E-state index in [0.29, 0.717) is 30.3 Å². The van der Waals surface area contributed by atoms with Gasteiger partial charge < -0.3 is 18.7 Å². The van der Waals surface area contributed by atoms with E-state index in [1.54, 1.807) is 5.57 Å². The van der Waals surface area contributed by atoms with Crippen molar-refractivity contribution in [3.8, 4) is 0 Å². The van der Waals surface area contributed by atoms with Gasteiger partial charge in [0.05, 0.1) is 23.9 Å². The van der Waals surface area contributed by atoms with Gasteiger partial charge in [-0.15, -0.1) is 0 Å². The maximum atomic E-state index is 10.2. The van der Waals surface area contributed by atoms with E-state index in [9.17, 15) is 5.11 Å². The fraction of sp³-hybridized carbons (Fsp3) is 0.947. The Kier molecular flexibility index (Phi) is 10.2. The summed E-state index contributed by atoms with van der Waals surface area (Å²) in [5, 5.41) is 10.6. The van der Waals surface area contributed by atoms with Crippen LogP contribution in [-0.4, -0.2) is 52.3 Å².